The van der Waals surface area contributed by atoms with Crippen molar-refractivity contribution in [3.8, 4) is 11.1 Å². The molecule has 0 saturated heterocycles. The van der Waals surface area contributed by atoms with Crippen LogP contribution in [-0.4, -0.2) is 6.71 Å². The minimum atomic E-state index is 0.296. The molecule has 0 radical (unpaired) electrons. The van der Waals surface area contributed by atoms with Crippen LogP contribution in [0.5, 0.6) is 0 Å². The molecule has 29 heavy (non-hydrogen) atoms. The molecule has 0 aromatic heterocycles. The van der Waals surface area contributed by atoms with E-state index in [9.17, 15) is 0 Å². The van der Waals surface area contributed by atoms with Gasteiger partial charge in [-0.2, -0.15) is 0 Å². The molecule has 1 heterocycles. The molecule has 0 nitrogen and oxygen atoms in total. The molecule has 0 spiro atoms. The van der Waals surface area contributed by atoms with Gasteiger partial charge in [-0.3, -0.25) is 0 Å². The average molecular weight is 364 g/mol. The van der Waals surface area contributed by atoms with E-state index < -0.39 is 0 Å². The van der Waals surface area contributed by atoms with Gasteiger partial charge in [-0.1, -0.05) is 120 Å². The quantitative estimate of drug-likeness (QED) is 0.282. The molecule has 0 amide bonds. The molecule has 7 rings (SSSR count). The van der Waals surface area contributed by atoms with E-state index in [2.05, 4.69) is 103 Å². The van der Waals surface area contributed by atoms with Gasteiger partial charge in [-0.25, -0.2) is 0 Å². The molecule has 0 bridgehead atoms. The molecule has 1 heteroatoms. The lowest BCUT2D eigenvalue weighted by molar-refractivity contribution is 1.74. The van der Waals surface area contributed by atoms with Crippen LogP contribution in [-0.2, 0) is 0 Å². The Morgan fingerprint density at radius 3 is 2.07 bits per heavy atom. The van der Waals surface area contributed by atoms with Crippen molar-refractivity contribution in [1.29, 1.82) is 0 Å². The number of hydrogen-bond donors (Lipinski definition) is 0. The summed E-state index contributed by atoms with van der Waals surface area (Å²) in [5.41, 5.74) is 7.02. The second-order valence-electron chi connectivity index (χ2n) is 8.13. The van der Waals surface area contributed by atoms with Gasteiger partial charge in [-0.05, 0) is 43.4 Å². The Kier molecular flexibility index (Phi) is 2.91. The lowest BCUT2D eigenvalue weighted by Gasteiger charge is -2.16. The highest BCUT2D eigenvalue weighted by atomic mass is 14.2. The van der Waals surface area contributed by atoms with E-state index in [-0.39, 0.29) is 0 Å². The van der Waals surface area contributed by atoms with Gasteiger partial charge in [0.15, 0.2) is 0 Å². The molecule has 0 saturated carbocycles. The van der Waals surface area contributed by atoms with Crippen LogP contribution in [0.4, 0.5) is 0 Å². The second kappa shape index (κ2) is 5.49. The van der Waals surface area contributed by atoms with Gasteiger partial charge < -0.3 is 0 Å². The first-order chi connectivity index (χ1) is 14.4. The lowest BCUT2D eigenvalue weighted by atomic mass is 9.39. The summed E-state index contributed by atoms with van der Waals surface area (Å²) in [6, 6.07) is 38.2. The SMILES string of the molecule is c1ccc(B2c3ccccc3-c3c2cc2ccc4cccc5ccc3c2c45)cc1. The van der Waals surface area contributed by atoms with Crippen LogP contribution in [0.25, 0.3) is 43.4 Å². The largest absolute Gasteiger partial charge is 0.242 e. The summed E-state index contributed by atoms with van der Waals surface area (Å²) in [4.78, 5) is 0. The van der Waals surface area contributed by atoms with Crippen molar-refractivity contribution >= 4 is 55.4 Å². The molecule has 0 aliphatic carbocycles. The van der Waals surface area contributed by atoms with Crippen molar-refractivity contribution in [3.63, 3.8) is 0 Å². The van der Waals surface area contributed by atoms with Crippen LogP contribution < -0.4 is 16.4 Å². The first kappa shape index (κ1) is 15.4. The van der Waals surface area contributed by atoms with Gasteiger partial charge >= 0.3 is 0 Å². The van der Waals surface area contributed by atoms with Gasteiger partial charge in [0.25, 0.3) is 0 Å². The molecule has 6 aromatic rings. The third-order valence-corrected chi connectivity index (χ3v) is 6.66. The van der Waals surface area contributed by atoms with E-state index in [4.69, 9.17) is 0 Å². The Labute approximate surface area is 169 Å². The Morgan fingerprint density at radius 1 is 0.483 bits per heavy atom. The fraction of sp³-hybridized carbons (Fsp3) is 0. The first-order valence-electron chi connectivity index (χ1n) is 10.2. The van der Waals surface area contributed by atoms with Gasteiger partial charge in [0.2, 0.25) is 6.71 Å². The molecule has 0 fully saturated rings. The average Bonchev–Trinajstić information content (AvgIpc) is 3.12. The topological polar surface area (TPSA) is 0 Å². The van der Waals surface area contributed by atoms with Crippen LogP contribution in [0.15, 0.2) is 103 Å². The van der Waals surface area contributed by atoms with E-state index in [0.717, 1.165) is 0 Å². The predicted molar refractivity (Wildman–Crippen MR) is 127 cm³/mol. The Morgan fingerprint density at radius 2 is 1.21 bits per heavy atom. The number of fused-ring (bicyclic) bond motifs is 4. The zero-order chi connectivity index (χ0) is 18.9. The maximum Gasteiger partial charge on any atom is 0.242 e. The maximum absolute atomic E-state index is 2.45. The summed E-state index contributed by atoms with van der Waals surface area (Å²) in [5.74, 6) is 0. The van der Waals surface area contributed by atoms with Crippen molar-refractivity contribution in [1.82, 2.24) is 0 Å². The molecule has 0 unspecified atom stereocenters. The third-order valence-electron chi connectivity index (χ3n) is 6.66. The highest BCUT2D eigenvalue weighted by molar-refractivity contribution is 6.99. The normalized spacial score (nSPS) is 12.8. The summed E-state index contributed by atoms with van der Waals surface area (Å²) < 4.78 is 0. The second-order valence-corrected chi connectivity index (χ2v) is 8.13. The highest BCUT2D eigenvalue weighted by Gasteiger charge is 2.34. The molecule has 1 aliphatic heterocycles. The Bertz CT molecular complexity index is 1530. The molecule has 6 aromatic carbocycles. The van der Waals surface area contributed by atoms with Gasteiger partial charge in [-0.15, -0.1) is 0 Å². The van der Waals surface area contributed by atoms with Crippen molar-refractivity contribution < 1.29 is 0 Å². The van der Waals surface area contributed by atoms with Crippen molar-refractivity contribution in [2.45, 2.75) is 0 Å². The molecule has 1 aliphatic rings. The van der Waals surface area contributed by atoms with Gasteiger partial charge in [0, 0.05) is 0 Å². The molecular formula is C28H17B. The van der Waals surface area contributed by atoms with Crippen molar-refractivity contribution in [2.24, 2.45) is 0 Å². The summed E-state index contributed by atoms with van der Waals surface area (Å²) in [6.45, 7) is 0.296. The van der Waals surface area contributed by atoms with Crippen LogP contribution in [0.3, 0.4) is 0 Å². The van der Waals surface area contributed by atoms with Crippen LogP contribution in [0.2, 0.25) is 0 Å². The zero-order valence-electron chi connectivity index (χ0n) is 15.9. The molecule has 0 N–H and O–H groups in total. The number of hydrogen-bond acceptors (Lipinski definition) is 0. The minimum absolute atomic E-state index is 0.296. The summed E-state index contributed by atoms with van der Waals surface area (Å²) in [5, 5.41) is 8.18. The number of rotatable bonds is 1. The molecule has 132 valence electrons. The Hall–Kier alpha value is -3.58. The summed E-state index contributed by atoms with van der Waals surface area (Å²) in [6.07, 6.45) is 0. The van der Waals surface area contributed by atoms with Gasteiger partial charge in [0.05, 0.1) is 0 Å². The van der Waals surface area contributed by atoms with Crippen LogP contribution >= 0.6 is 0 Å². The fourth-order valence-electron chi connectivity index (χ4n) is 5.51. The zero-order valence-corrected chi connectivity index (χ0v) is 15.9. The number of benzene rings is 6. The highest BCUT2D eigenvalue weighted by Crippen LogP contribution is 2.39. The van der Waals surface area contributed by atoms with E-state index >= 15 is 0 Å². The smallest absolute Gasteiger partial charge is 0.0686 e. The Balaban J connectivity index is 1.69. The standard InChI is InChI=1S/C28H17B/c1-2-9-21(10-3-1)29-24-12-5-4-11-22(24)28-23-16-15-19-8-6-7-18-13-14-20(17-25(28)29)27(23)26(18)19/h1-17H. The summed E-state index contributed by atoms with van der Waals surface area (Å²) >= 11 is 0. The monoisotopic (exact) mass is 364 g/mol. The molecule has 0 atom stereocenters. The van der Waals surface area contributed by atoms with E-state index in [1.807, 2.05) is 0 Å². The predicted octanol–water partition coefficient (Wildman–Crippen LogP) is 5.08. The van der Waals surface area contributed by atoms with Gasteiger partial charge in [0.1, 0.15) is 0 Å². The lowest BCUT2D eigenvalue weighted by Crippen LogP contribution is -2.48. The first-order valence-corrected chi connectivity index (χ1v) is 10.2. The van der Waals surface area contributed by atoms with Crippen molar-refractivity contribution in [3.05, 3.63) is 103 Å². The van der Waals surface area contributed by atoms with E-state index in [0.29, 0.717) is 6.71 Å². The molecular weight excluding hydrogens is 347 g/mol. The minimum Gasteiger partial charge on any atom is -0.0686 e. The fourth-order valence-corrected chi connectivity index (χ4v) is 5.51. The van der Waals surface area contributed by atoms with Crippen LogP contribution in [0, 0.1) is 0 Å². The van der Waals surface area contributed by atoms with Crippen LogP contribution in [0.1, 0.15) is 0 Å². The van der Waals surface area contributed by atoms with E-state index in [1.54, 1.807) is 0 Å². The third kappa shape index (κ3) is 1.95. The maximum atomic E-state index is 2.45. The van der Waals surface area contributed by atoms with Crippen molar-refractivity contribution in [2.75, 3.05) is 0 Å². The van der Waals surface area contributed by atoms with E-state index in [1.165, 1.54) is 59.8 Å². The summed E-state index contributed by atoms with van der Waals surface area (Å²) in [7, 11) is 0.